The molecule has 0 radical (unpaired) electrons. The van der Waals surface area contributed by atoms with E-state index in [1.54, 1.807) is 19.2 Å². The number of benzene rings is 1. The van der Waals surface area contributed by atoms with Crippen LogP contribution in [-0.4, -0.2) is 23.0 Å². The molecular formula is C13H10Cl2N2O2. The standard InChI is InChI=1S/C13H10Cl2N2O2/c1-17(9-3-2-4-10(18)6-9)13(19)8-5-11(14)12(15)16-7-8/h2-7,18H,1H3. The first-order valence-corrected chi connectivity index (χ1v) is 6.13. The summed E-state index contributed by atoms with van der Waals surface area (Å²) in [7, 11) is 1.60. The number of phenols is 1. The Morgan fingerprint density at radius 1 is 1.32 bits per heavy atom. The number of hydrogen-bond donors (Lipinski definition) is 1. The Balaban J connectivity index is 2.30. The number of carbonyl (C=O) groups is 1. The van der Waals surface area contributed by atoms with Gasteiger partial charge in [0, 0.05) is 25.0 Å². The molecule has 19 heavy (non-hydrogen) atoms. The van der Waals surface area contributed by atoms with Crippen molar-refractivity contribution in [1.82, 2.24) is 4.98 Å². The molecule has 4 nitrogen and oxygen atoms in total. The Labute approximate surface area is 120 Å². The normalized spacial score (nSPS) is 10.3. The molecular weight excluding hydrogens is 287 g/mol. The summed E-state index contributed by atoms with van der Waals surface area (Å²) in [6, 6.07) is 7.84. The third-order valence-corrected chi connectivity index (χ3v) is 3.25. The first kappa shape index (κ1) is 13.6. The van der Waals surface area contributed by atoms with Crippen LogP contribution in [0.5, 0.6) is 5.75 Å². The van der Waals surface area contributed by atoms with Gasteiger partial charge in [-0.25, -0.2) is 4.98 Å². The Morgan fingerprint density at radius 2 is 2.05 bits per heavy atom. The van der Waals surface area contributed by atoms with Gasteiger partial charge >= 0.3 is 0 Å². The van der Waals surface area contributed by atoms with E-state index >= 15 is 0 Å². The van der Waals surface area contributed by atoms with Crippen molar-refractivity contribution in [3.8, 4) is 5.75 Å². The molecule has 0 saturated heterocycles. The molecule has 2 rings (SSSR count). The summed E-state index contributed by atoms with van der Waals surface area (Å²) in [6.07, 6.45) is 1.36. The van der Waals surface area contributed by atoms with Crippen LogP contribution < -0.4 is 4.90 Å². The number of aromatic hydroxyl groups is 1. The molecule has 1 heterocycles. The van der Waals surface area contributed by atoms with Gasteiger partial charge in [-0.15, -0.1) is 0 Å². The van der Waals surface area contributed by atoms with Crippen molar-refractivity contribution >= 4 is 34.8 Å². The Kier molecular flexibility index (Phi) is 3.93. The molecule has 1 amide bonds. The zero-order valence-electron chi connectivity index (χ0n) is 9.97. The van der Waals surface area contributed by atoms with Gasteiger partial charge in [0.2, 0.25) is 0 Å². The fourth-order valence-electron chi connectivity index (χ4n) is 1.55. The average Bonchev–Trinajstić information content (AvgIpc) is 2.40. The fraction of sp³-hybridized carbons (Fsp3) is 0.0769. The van der Waals surface area contributed by atoms with Crippen LogP contribution in [0.3, 0.4) is 0 Å². The third-order valence-electron chi connectivity index (χ3n) is 2.56. The molecule has 0 atom stereocenters. The number of carbonyl (C=O) groups excluding carboxylic acids is 1. The molecule has 1 aromatic carbocycles. The molecule has 1 N–H and O–H groups in total. The lowest BCUT2D eigenvalue weighted by Crippen LogP contribution is -2.26. The van der Waals surface area contributed by atoms with Gasteiger partial charge in [0.25, 0.3) is 5.91 Å². The average molecular weight is 297 g/mol. The molecule has 0 saturated carbocycles. The molecule has 0 aliphatic rings. The fourth-order valence-corrected chi connectivity index (χ4v) is 1.82. The van der Waals surface area contributed by atoms with Gasteiger partial charge in [0.05, 0.1) is 10.6 Å². The Morgan fingerprint density at radius 3 is 2.68 bits per heavy atom. The summed E-state index contributed by atoms with van der Waals surface area (Å²) in [5.41, 5.74) is 0.885. The first-order valence-electron chi connectivity index (χ1n) is 5.37. The highest BCUT2D eigenvalue weighted by atomic mass is 35.5. The summed E-state index contributed by atoms with van der Waals surface area (Å²) in [6.45, 7) is 0. The van der Waals surface area contributed by atoms with E-state index in [9.17, 15) is 9.90 Å². The predicted molar refractivity (Wildman–Crippen MR) is 75.1 cm³/mol. The van der Waals surface area contributed by atoms with E-state index in [-0.39, 0.29) is 21.8 Å². The molecule has 0 unspecified atom stereocenters. The second-order valence-corrected chi connectivity index (χ2v) is 4.65. The lowest BCUT2D eigenvalue weighted by molar-refractivity contribution is 0.0992. The van der Waals surface area contributed by atoms with Crippen LogP contribution in [0.2, 0.25) is 10.2 Å². The zero-order chi connectivity index (χ0) is 14.0. The summed E-state index contributed by atoms with van der Waals surface area (Å²) >= 11 is 11.5. The van der Waals surface area contributed by atoms with E-state index < -0.39 is 0 Å². The molecule has 0 bridgehead atoms. The van der Waals surface area contributed by atoms with Gasteiger partial charge in [-0.2, -0.15) is 0 Å². The van der Waals surface area contributed by atoms with Crippen molar-refractivity contribution in [2.24, 2.45) is 0 Å². The maximum absolute atomic E-state index is 12.2. The Bertz CT molecular complexity index is 632. The predicted octanol–water partition coefficient (Wildman–Crippen LogP) is 3.37. The molecule has 0 spiro atoms. The van der Waals surface area contributed by atoms with E-state index in [1.165, 1.54) is 29.3 Å². The van der Waals surface area contributed by atoms with Crippen LogP contribution in [0.4, 0.5) is 5.69 Å². The monoisotopic (exact) mass is 296 g/mol. The lowest BCUT2D eigenvalue weighted by Gasteiger charge is -2.17. The smallest absolute Gasteiger partial charge is 0.259 e. The summed E-state index contributed by atoms with van der Waals surface area (Å²) < 4.78 is 0. The van der Waals surface area contributed by atoms with Crippen LogP contribution in [-0.2, 0) is 0 Å². The van der Waals surface area contributed by atoms with E-state index in [0.29, 0.717) is 11.3 Å². The highest BCUT2D eigenvalue weighted by Crippen LogP contribution is 2.23. The third kappa shape index (κ3) is 2.97. The Hall–Kier alpha value is -1.78. The minimum Gasteiger partial charge on any atom is -0.508 e. The van der Waals surface area contributed by atoms with Crippen molar-refractivity contribution in [2.75, 3.05) is 11.9 Å². The maximum atomic E-state index is 12.2. The maximum Gasteiger partial charge on any atom is 0.259 e. The molecule has 2 aromatic rings. The first-order chi connectivity index (χ1) is 8.99. The highest BCUT2D eigenvalue weighted by Gasteiger charge is 2.15. The topological polar surface area (TPSA) is 53.4 Å². The van der Waals surface area contributed by atoms with Crippen molar-refractivity contribution in [2.45, 2.75) is 0 Å². The number of halogens is 2. The van der Waals surface area contributed by atoms with Crippen LogP contribution in [0.1, 0.15) is 10.4 Å². The molecule has 0 fully saturated rings. The summed E-state index contributed by atoms with van der Waals surface area (Å²) in [4.78, 5) is 17.4. The lowest BCUT2D eigenvalue weighted by atomic mass is 10.2. The van der Waals surface area contributed by atoms with Gasteiger partial charge in [-0.3, -0.25) is 4.79 Å². The van der Waals surface area contributed by atoms with Gasteiger partial charge in [-0.1, -0.05) is 29.3 Å². The number of anilines is 1. The minimum absolute atomic E-state index is 0.0874. The number of pyridine rings is 1. The van der Waals surface area contributed by atoms with Gasteiger partial charge < -0.3 is 10.0 Å². The number of phenolic OH excluding ortho intramolecular Hbond substituents is 1. The van der Waals surface area contributed by atoms with E-state index in [4.69, 9.17) is 23.2 Å². The van der Waals surface area contributed by atoms with Crippen molar-refractivity contribution in [1.29, 1.82) is 0 Å². The van der Waals surface area contributed by atoms with E-state index in [1.807, 2.05) is 0 Å². The number of aromatic nitrogens is 1. The van der Waals surface area contributed by atoms with Crippen molar-refractivity contribution in [3.05, 3.63) is 52.3 Å². The number of rotatable bonds is 2. The highest BCUT2D eigenvalue weighted by molar-refractivity contribution is 6.41. The second-order valence-electron chi connectivity index (χ2n) is 3.88. The van der Waals surface area contributed by atoms with E-state index in [2.05, 4.69) is 4.98 Å². The summed E-state index contributed by atoms with van der Waals surface area (Å²) in [5, 5.41) is 9.78. The van der Waals surface area contributed by atoms with Gasteiger partial charge in [-0.05, 0) is 18.2 Å². The molecule has 98 valence electrons. The largest absolute Gasteiger partial charge is 0.508 e. The van der Waals surface area contributed by atoms with E-state index in [0.717, 1.165) is 0 Å². The second kappa shape index (κ2) is 5.47. The van der Waals surface area contributed by atoms with Crippen molar-refractivity contribution in [3.63, 3.8) is 0 Å². The molecule has 6 heteroatoms. The minimum atomic E-state index is -0.295. The van der Waals surface area contributed by atoms with Gasteiger partial charge in [0.15, 0.2) is 0 Å². The van der Waals surface area contributed by atoms with Crippen LogP contribution >= 0.6 is 23.2 Å². The quantitative estimate of drug-likeness (QED) is 0.865. The van der Waals surface area contributed by atoms with Crippen LogP contribution in [0.25, 0.3) is 0 Å². The zero-order valence-corrected chi connectivity index (χ0v) is 11.5. The van der Waals surface area contributed by atoms with Gasteiger partial charge in [0.1, 0.15) is 10.9 Å². The molecule has 0 aliphatic heterocycles. The number of hydrogen-bond acceptors (Lipinski definition) is 3. The number of nitrogens with zero attached hydrogens (tertiary/aromatic N) is 2. The molecule has 0 aliphatic carbocycles. The SMILES string of the molecule is CN(C(=O)c1cnc(Cl)c(Cl)c1)c1cccc(O)c1. The number of amides is 1. The molecule has 1 aromatic heterocycles. The van der Waals surface area contributed by atoms with Crippen LogP contribution in [0, 0.1) is 0 Å². The van der Waals surface area contributed by atoms with Crippen molar-refractivity contribution < 1.29 is 9.90 Å². The van der Waals surface area contributed by atoms with Crippen LogP contribution in [0.15, 0.2) is 36.5 Å². The summed E-state index contributed by atoms with van der Waals surface area (Å²) in [5.74, 6) is -0.207.